The van der Waals surface area contributed by atoms with Gasteiger partial charge in [0, 0.05) is 29.4 Å². The van der Waals surface area contributed by atoms with E-state index in [1.807, 2.05) is 25.1 Å². The number of nitrogens with zero attached hydrogens (tertiary/aromatic N) is 2. The molecule has 3 amide bonds. The van der Waals surface area contributed by atoms with E-state index in [4.69, 9.17) is 16.3 Å². The van der Waals surface area contributed by atoms with Crippen LogP contribution in [0.15, 0.2) is 42.5 Å². The lowest BCUT2D eigenvalue weighted by atomic mass is 9.79. The van der Waals surface area contributed by atoms with Crippen LogP contribution in [0.1, 0.15) is 30.9 Å². The first-order valence-electron chi connectivity index (χ1n) is 10.0. The van der Waals surface area contributed by atoms with Crippen LogP contribution in [0, 0.1) is 6.92 Å². The molecule has 4 rings (SSSR count). The molecule has 0 bridgehead atoms. The molecule has 2 aliphatic heterocycles. The van der Waals surface area contributed by atoms with Gasteiger partial charge in [0.15, 0.2) is 5.41 Å². The van der Waals surface area contributed by atoms with Crippen LogP contribution >= 0.6 is 11.6 Å². The molecule has 1 unspecified atom stereocenters. The van der Waals surface area contributed by atoms with Gasteiger partial charge in [-0.05, 0) is 50.6 Å². The number of imide groups is 1. The molecule has 1 fully saturated rings. The van der Waals surface area contributed by atoms with Crippen molar-refractivity contribution in [2.75, 3.05) is 24.6 Å². The summed E-state index contributed by atoms with van der Waals surface area (Å²) >= 11 is 5.88. The van der Waals surface area contributed by atoms with Gasteiger partial charge < -0.3 is 9.64 Å². The molecule has 1 saturated heterocycles. The van der Waals surface area contributed by atoms with E-state index in [1.165, 1.54) is 4.90 Å². The molecule has 156 valence electrons. The molecule has 2 aromatic rings. The first kappa shape index (κ1) is 20.4. The van der Waals surface area contributed by atoms with E-state index < -0.39 is 11.3 Å². The monoisotopic (exact) mass is 426 g/mol. The Bertz CT molecular complexity index is 1020. The van der Waals surface area contributed by atoms with Gasteiger partial charge in [0.05, 0.1) is 13.0 Å². The topological polar surface area (TPSA) is 66.9 Å². The van der Waals surface area contributed by atoms with E-state index in [1.54, 1.807) is 36.1 Å². The Morgan fingerprint density at radius 3 is 2.40 bits per heavy atom. The Morgan fingerprint density at radius 2 is 1.73 bits per heavy atom. The van der Waals surface area contributed by atoms with Gasteiger partial charge >= 0.3 is 0 Å². The average molecular weight is 427 g/mol. The number of carbonyl (C=O) groups is 3. The van der Waals surface area contributed by atoms with E-state index in [0.717, 1.165) is 5.56 Å². The van der Waals surface area contributed by atoms with Crippen molar-refractivity contribution in [1.29, 1.82) is 0 Å². The number of rotatable bonds is 6. The van der Waals surface area contributed by atoms with Crippen molar-refractivity contribution in [2.45, 2.75) is 32.1 Å². The molecule has 1 atom stereocenters. The maximum Gasteiger partial charge on any atom is 0.250 e. The molecule has 7 heteroatoms. The van der Waals surface area contributed by atoms with Crippen molar-refractivity contribution in [3.8, 4) is 5.75 Å². The van der Waals surface area contributed by atoms with Crippen molar-refractivity contribution in [2.24, 2.45) is 0 Å². The fourth-order valence-electron chi connectivity index (χ4n) is 4.29. The number of ether oxygens (including phenoxy) is 1. The van der Waals surface area contributed by atoms with Crippen LogP contribution in [0.25, 0.3) is 0 Å². The molecule has 0 N–H and O–H groups in total. The Labute approximate surface area is 180 Å². The van der Waals surface area contributed by atoms with Crippen LogP contribution < -0.4 is 9.64 Å². The maximum absolute atomic E-state index is 13.5. The highest BCUT2D eigenvalue weighted by molar-refractivity contribution is 6.30. The largest absolute Gasteiger partial charge is 0.494 e. The first-order chi connectivity index (χ1) is 14.4. The molecule has 0 radical (unpaired) electrons. The van der Waals surface area contributed by atoms with Gasteiger partial charge in [-0.1, -0.05) is 29.3 Å². The second kappa shape index (κ2) is 7.76. The fraction of sp³-hybridized carbons (Fsp3) is 0.348. The lowest BCUT2D eigenvalue weighted by molar-refractivity contribution is -0.141. The first-order valence-corrected chi connectivity index (χ1v) is 10.4. The zero-order valence-electron chi connectivity index (χ0n) is 17.0. The number of likely N-dealkylation sites (tertiary alicyclic amines) is 1. The van der Waals surface area contributed by atoms with E-state index >= 15 is 0 Å². The van der Waals surface area contributed by atoms with Gasteiger partial charge in [-0.15, -0.1) is 0 Å². The zero-order valence-corrected chi connectivity index (χ0v) is 17.7. The summed E-state index contributed by atoms with van der Waals surface area (Å²) in [6, 6.07) is 12.7. The van der Waals surface area contributed by atoms with E-state index in [9.17, 15) is 14.4 Å². The van der Waals surface area contributed by atoms with Crippen molar-refractivity contribution in [3.63, 3.8) is 0 Å². The predicted molar refractivity (Wildman–Crippen MR) is 114 cm³/mol. The predicted octanol–water partition coefficient (Wildman–Crippen LogP) is 3.48. The second-order valence-electron chi connectivity index (χ2n) is 7.66. The van der Waals surface area contributed by atoms with Crippen molar-refractivity contribution in [3.05, 3.63) is 58.6 Å². The third kappa shape index (κ3) is 3.16. The number of amides is 3. The third-order valence-electron chi connectivity index (χ3n) is 5.77. The molecule has 0 saturated carbocycles. The number of halogens is 1. The minimum atomic E-state index is -1.43. The highest BCUT2D eigenvalue weighted by atomic mass is 35.5. The van der Waals surface area contributed by atoms with Crippen molar-refractivity contribution in [1.82, 2.24) is 4.90 Å². The van der Waals surface area contributed by atoms with Crippen molar-refractivity contribution >= 4 is 35.0 Å². The lowest BCUT2D eigenvalue weighted by Crippen LogP contribution is -2.46. The Hall–Kier alpha value is -2.86. The lowest BCUT2D eigenvalue weighted by Gasteiger charge is -2.22. The number of likely N-dealkylation sites (N-methyl/N-ethyl adjacent to an activating group) is 1. The number of anilines is 1. The van der Waals surface area contributed by atoms with Crippen LogP contribution in [-0.2, 0) is 19.8 Å². The third-order valence-corrected chi connectivity index (χ3v) is 6.02. The van der Waals surface area contributed by atoms with Gasteiger partial charge in [0.25, 0.3) is 0 Å². The van der Waals surface area contributed by atoms with Crippen LogP contribution in [0.3, 0.4) is 0 Å². The molecule has 0 aromatic heterocycles. The Kier molecular flexibility index (Phi) is 5.28. The summed E-state index contributed by atoms with van der Waals surface area (Å²) in [6.07, 6.45) is 0.476. The summed E-state index contributed by atoms with van der Waals surface area (Å²) < 4.78 is 5.73. The normalized spacial score (nSPS) is 20.4. The molecule has 2 aromatic carbocycles. The number of aryl methyl sites for hydroxylation is 1. The highest BCUT2D eigenvalue weighted by Crippen LogP contribution is 2.48. The molecule has 2 heterocycles. The average Bonchev–Trinajstić information content (AvgIpc) is 3.11. The molecular formula is C23H23ClN2O4. The summed E-state index contributed by atoms with van der Waals surface area (Å²) in [7, 11) is 0. The van der Waals surface area contributed by atoms with Crippen LogP contribution in [0.4, 0.5) is 5.69 Å². The smallest absolute Gasteiger partial charge is 0.250 e. The number of hydrogen-bond donors (Lipinski definition) is 0. The summed E-state index contributed by atoms with van der Waals surface area (Å²) in [5.41, 5.74) is 0.867. The van der Waals surface area contributed by atoms with E-state index in [0.29, 0.717) is 41.6 Å². The van der Waals surface area contributed by atoms with Gasteiger partial charge in [0.2, 0.25) is 17.7 Å². The molecular weight excluding hydrogens is 404 g/mol. The van der Waals surface area contributed by atoms with E-state index in [2.05, 4.69) is 0 Å². The second-order valence-corrected chi connectivity index (χ2v) is 8.10. The molecule has 2 aliphatic rings. The standard InChI is InChI=1S/C23H23ClN2O4/c1-3-25-20(27)14-23(21(25)28)18-13-15(2)5-10-19(18)26(22(23)29)11-4-12-30-17-8-6-16(24)7-9-17/h5-10,13H,3-4,11-12,14H2,1-2H3. The summed E-state index contributed by atoms with van der Waals surface area (Å²) in [5, 5.41) is 0.638. The molecule has 0 aliphatic carbocycles. The molecule has 6 nitrogen and oxygen atoms in total. The van der Waals surface area contributed by atoms with E-state index in [-0.39, 0.29) is 24.8 Å². The Balaban J connectivity index is 1.55. The minimum absolute atomic E-state index is 0.104. The maximum atomic E-state index is 13.5. The molecule has 1 spiro atoms. The number of hydrogen-bond acceptors (Lipinski definition) is 4. The number of carbonyl (C=O) groups excluding carboxylic acids is 3. The fourth-order valence-corrected chi connectivity index (χ4v) is 4.41. The summed E-state index contributed by atoms with van der Waals surface area (Å²) in [5.74, 6) is -0.318. The summed E-state index contributed by atoms with van der Waals surface area (Å²) in [4.78, 5) is 41.9. The van der Waals surface area contributed by atoms with Crippen LogP contribution in [-0.4, -0.2) is 42.3 Å². The minimum Gasteiger partial charge on any atom is -0.494 e. The highest BCUT2D eigenvalue weighted by Gasteiger charge is 2.63. The van der Waals surface area contributed by atoms with Gasteiger partial charge in [-0.2, -0.15) is 0 Å². The molecule has 30 heavy (non-hydrogen) atoms. The number of benzene rings is 2. The number of fused-ring (bicyclic) bond motifs is 2. The van der Waals surface area contributed by atoms with Crippen molar-refractivity contribution < 1.29 is 19.1 Å². The summed E-state index contributed by atoms with van der Waals surface area (Å²) in [6.45, 7) is 4.74. The Morgan fingerprint density at radius 1 is 1.03 bits per heavy atom. The zero-order chi connectivity index (χ0) is 21.5. The van der Waals surface area contributed by atoms with Gasteiger partial charge in [0.1, 0.15) is 5.75 Å². The SMILES string of the molecule is CCN1C(=O)CC2(C1=O)C(=O)N(CCCOc1ccc(Cl)cc1)c1ccc(C)cc12. The van der Waals surface area contributed by atoms with Crippen LogP contribution in [0.5, 0.6) is 5.75 Å². The van der Waals surface area contributed by atoms with Gasteiger partial charge in [-0.3, -0.25) is 19.3 Å². The quantitative estimate of drug-likeness (QED) is 0.403. The van der Waals surface area contributed by atoms with Crippen LogP contribution in [0.2, 0.25) is 5.02 Å². The van der Waals surface area contributed by atoms with Gasteiger partial charge in [-0.25, -0.2) is 0 Å².